The molecule has 1 atom stereocenters. The molecule has 2 aliphatic rings. The van der Waals surface area contributed by atoms with Crippen LogP contribution in [0.1, 0.15) is 19.3 Å². The Hall–Kier alpha value is -1.06. The minimum atomic E-state index is -0.278. The number of hydrogen-bond donors (Lipinski definition) is 2. The summed E-state index contributed by atoms with van der Waals surface area (Å²) in [6, 6.07) is -0.240. The highest BCUT2D eigenvalue weighted by Crippen LogP contribution is 2.30. The van der Waals surface area contributed by atoms with Gasteiger partial charge in [-0.05, 0) is 18.8 Å². The van der Waals surface area contributed by atoms with E-state index in [4.69, 9.17) is 5.73 Å². The van der Waals surface area contributed by atoms with Gasteiger partial charge in [-0.3, -0.25) is 0 Å². The lowest BCUT2D eigenvalue weighted by atomic mass is 9.79. The lowest BCUT2D eigenvalue weighted by Crippen LogP contribution is -2.44. The molecule has 1 saturated carbocycles. The molecule has 1 fully saturated rings. The molecule has 0 saturated heterocycles. The van der Waals surface area contributed by atoms with E-state index in [2.05, 4.69) is 10.3 Å². The topological polar surface area (TPSA) is 67.5 Å². The summed E-state index contributed by atoms with van der Waals surface area (Å²) in [5, 5.41) is 2.74. The summed E-state index contributed by atoms with van der Waals surface area (Å²) >= 11 is 0. The Morgan fingerprint density at radius 3 is 2.64 bits per heavy atom. The zero-order chi connectivity index (χ0) is 7.84. The molecule has 4 nitrogen and oxygen atoms in total. The number of nitrogens with one attached hydrogen (secondary N) is 1. The fraction of sp³-hybridized carbons (Fsp3) is 0.714. The molecule has 1 aliphatic carbocycles. The van der Waals surface area contributed by atoms with Gasteiger partial charge in [0, 0.05) is 0 Å². The molecule has 11 heavy (non-hydrogen) atoms. The van der Waals surface area contributed by atoms with Crippen LogP contribution < -0.4 is 11.1 Å². The van der Waals surface area contributed by atoms with Crippen molar-refractivity contribution in [2.45, 2.75) is 25.3 Å². The second-order valence-electron chi connectivity index (χ2n) is 3.15. The minimum absolute atomic E-state index is 0.0382. The van der Waals surface area contributed by atoms with E-state index in [-0.39, 0.29) is 12.1 Å². The van der Waals surface area contributed by atoms with Gasteiger partial charge in [-0.2, -0.15) is 4.99 Å². The fourth-order valence-corrected chi connectivity index (χ4v) is 1.56. The molecule has 0 aromatic heterocycles. The Bertz CT molecular complexity index is 220. The first-order chi connectivity index (χ1) is 5.27. The molecule has 1 unspecified atom stereocenters. The highest BCUT2D eigenvalue weighted by molar-refractivity contribution is 6.02. The first-order valence-corrected chi connectivity index (χ1v) is 3.92. The third-order valence-electron chi connectivity index (χ3n) is 2.45. The second-order valence-corrected chi connectivity index (χ2v) is 3.15. The number of nitrogens with two attached hydrogens (primary N) is 1. The van der Waals surface area contributed by atoms with E-state index in [9.17, 15) is 4.79 Å². The van der Waals surface area contributed by atoms with Gasteiger partial charge in [0.1, 0.15) is 5.84 Å². The van der Waals surface area contributed by atoms with Crippen LogP contribution in [-0.4, -0.2) is 17.9 Å². The summed E-state index contributed by atoms with van der Waals surface area (Å²) in [5.41, 5.74) is 5.55. The molecule has 1 heterocycles. The van der Waals surface area contributed by atoms with Gasteiger partial charge in [0.15, 0.2) is 0 Å². The van der Waals surface area contributed by atoms with E-state index in [1.54, 1.807) is 0 Å². The predicted octanol–water partition coefficient (Wildman–Crippen LogP) is 0.235. The molecule has 4 heteroatoms. The summed E-state index contributed by atoms with van der Waals surface area (Å²) in [7, 11) is 0. The van der Waals surface area contributed by atoms with E-state index in [1.807, 2.05) is 0 Å². The Balaban J connectivity index is 2.05. The van der Waals surface area contributed by atoms with Crippen molar-refractivity contribution in [2.24, 2.45) is 16.6 Å². The first-order valence-electron chi connectivity index (χ1n) is 3.92. The smallest absolute Gasteiger partial charge is 0.343 e. The molecule has 1 aliphatic heterocycles. The Kier molecular flexibility index (Phi) is 1.34. The van der Waals surface area contributed by atoms with Gasteiger partial charge in [-0.25, -0.2) is 4.79 Å². The molecule has 0 spiro atoms. The van der Waals surface area contributed by atoms with Crippen LogP contribution in [0.5, 0.6) is 0 Å². The van der Waals surface area contributed by atoms with Crippen LogP contribution in [0.15, 0.2) is 4.99 Å². The van der Waals surface area contributed by atoms with E-state index in [1.165, 1.54) is 19.3 Å². The Morgan fingerprint density at radius 2 is 2.27 bits per heavy atom. The number of rotatable bonds is 1. The molecule has 2 rings (SSSR count). The maximum absolute atomic E-state index is 10.7. The van der Waals surface area contributed by atoms with Crippen molar-refractivity contribution in [3.05, 3.63) is 0 Å². The Morgan fingerprint density at radius 1 is 1.55 bits per heavy atom. The zero-order valence-electron chi connectivity index (χ0n) is 6.21. The summed E-state index contributed by atoms with van der Waals surface area (Å²) in [6.07, 6.45) is 3.59. The van der Waals surface area contributed by atoms with Gasteiger partial charge in [-0.1, -0.05) is 6.42 Å². The van der Waals surface area contributed by atoms with E-state index < -0.39 is 0 Å². The molecule has 2 amide bonds. The quantitative estimate of drug-likeness (QED) is 0.566. The third kappa shape index (κ3) is 0.982. The van der Waals surface area contributed by atoms with Crippen molar-refractivity contribution in [1.29, 1.82) is 0 Å². The summed E-state index contributed by atoms with van der Waals surface area (Å²) in [4.78, 5) is 14.3. The van der Waals surface area contributed by atoms with Crippen molar-refractivity contribution >= 4 is 11.9 Å². The van der Waals surface area contributed by atoms with Crippen LogP contribution in [0.25, 0.3) is 0 Å². The van der Waals surface area contributed by atoms with Gasteiger partial charge in [-0.15, -0.1) is 0 Å². The number of amides is 2. The van der Waals surface area contributed by atoms with Gasteiger partial charge in [0.25, 0.3) is 0 Å². The number of amidine groups is 1. The lowest BCUT2D eigenvalue weighted by molar-refractivity contribution is 0.238. The molecular formula is C7H11N3O. The van der Waals surface area contributed by atoms with Crippen molar-refractivity contribution in [3.8, 4) is 0 Å². The molecular weight excluding hydrogens is 142 g/mol. The maximum atomic E-state index is 10.7. The van der Waals surface area contributed by atoms with E-state index >= 15 is 0 Å². The van der Waals surface area contributed by atoms with Crippen molar-refractivity contribution in [3.63, 3.8) is 0 Å². The van der Waals surface area contributed by atoms with Crippen LogP contribution in [-0.2, 0) is 0 Å². The fourth-order valence-electron chi connectivity index (χ4n) is 1.56. The minimum Gasteiger partial charge on any atom is -0.385 e. The molecule has 0 aromatic rings. The van der Waals surface area contributed by atoms with Crippen LogP contribution in [0.3, 0.4) is 0 Å². The van der Waals surface area contributed by atoms with Gasteiger partial charge in [0.2, 0.25) is 0 Å². The average Bonchev–Trinajstić information content (AvgIpc) is 2.07. The van der Waals surface area contributed by atoms with E-state index in [0.29, 0.717) is 11.8 Å². The zero-order valence-corrected chi connectivity index (χ0v) is 6.21. The van der Waals surface area contributed by atoms with Crippen LogP contribution in [0.2, 0.25) is 0 Å². The number of hydrogen-bond acceptors (Lipinski definition) is 2. The molecule has 0 radical (unpaired) electrons. The summed E-state index contributed by atoms with van der Waals surface area (Å²) in [5.74, 6) is 1.02. The van der Waals surface area contributed by atoms with Gasteiger partial charge >= 0.3 is 6.03 Å². The predicted molar refractivity (Wildman–Crippen MR) is 41.3 cm³/mol. The molecule has 3 N–H and O–H groups in total. The first kappa shape index (κ1) is 6.64. The SMILES string of the molecule is NC1=NC(=O)NC1C1CCC1. The largest absolute Gasteiger partial charge is 0.385 e. The molecule has 0 aromatic carbocycles. The molecule has 60 valence electrons. The highest BCUT2D eigenvalue weighted by Gasteiger charge is 2.34. The monoisotopic (exact) mass is 153 g/mol. The third-order valence-corrected chi connectivity index (χ3v) is 2.45. The lowest BCUT2D eigenvalue weighted by Gasteiger charge is -2.30. The van der Waals surface area contributed by atoms with Crippen molar-refractivity contribution < 1.29 is 4.79 Å². The number of urea groups is 1. The van der Waals surface area contributed by atoms with Crippen molar-refractivity contribution in [1.82, 2.24) is 5.32 Å². The van der Waals surface area contributed by atoms with E-state index in [0.717, 1.165) is 0 Å². The highest BCUT2D eigenvalue weighted by atomic mass is 16.2. The number of carbonyl (C=O) groups excluding carboxylic acids is 1. The number of nitrogens with zero attached hydrogens (tertiary/aromatic N) is 1. The van der Waals surface area contributed by atoms with Gasteiger partial charge in [0.05, 0.1) is 6.04 Å². The standard InChI is InChI=1S/C7H11N3O/c8-6-5(4-2-1-3-4)9-7(11)10-6/h4-5H,1-3H2,(H3,8,9,10,11). The molecule has 0 bridgehead atoms. The van der Waals surface area contributed by atoms with Crippen LogP contribution in [0, 0.1) is 5.92 Å². The number of carbonyl (C=O) groups is 1. The second kappa shape index (κ2) is 2.22. The van der Waals surface area contributed by atoms with Crippen LogP contribution >= 0.6 is 0 Å². The summed E-state index contributed by atoms with van der Waals surface area (Å²) < 4.78 is 0. The van der Waals surface area contributed by atoms with Gasteiger partial charge < -0.3 is 11.1 Å². The summed E-state index contributed by atoms with van der Waals surface area (Å²) in [6.45, 7) is 0. The Labute approximate surface area is 64.9 Å². The number of aliphatic imine (C=N–C) groups is 1. The maximum Gasteiger partial charge on any atom is 0.343 e. The van der Waals surface area contributed by atoms with Crippen LogP contribution in [0.4, 0.5) is 4.79 Å². The average molecular weight is 153 g/mol. The normalized spacial score (nSPS) is 31.1. The van der Waals surface area contributed by atoms with Crippen molar-refractivity contribution in [2.75, 3.05) is 0 Å².